The van der Waals surface area contributed by atoms with Crippen LogP contribution in [-0.2, 0) is 14.8 Å². The van der Waals surface area contributed by atoms with Crippen molar-refractivity contribution < 1.29 is 13.2 Å². The summed E-state index contributed by atoms with van der Waals surface area (Å²) in [6.07, 6.45) is 1.00. The number of carbonyl (C=O) groups excluding carboxylic acids is 1. The number of anilines is 1. The van der Waals surface area contributed by atoms with Crippen molar-refractivity contribution in [2.75, 3.05) is 24.2 Å². The number of benzene rings is 1. The second kappa shape index (κ2) is 7.99. The maximum Gasteiger partial charge on any atom is 0.229 e. The first kappa shape index (κ1) is 19.2. The maximum absolute atomic E-state index is 12.4. The molecule has 1 N–H and O–H groups in total. The SMILES string of the molecule is CCS(=O)(=O)N1CCC(C(=O)Nc2nnc(-c3ccccc3Cl)s2)CC1. The highest BCUT2D eigenvalue weighted by atomic mass is 35.5. The number of amides is 1. The van der Waals surface area contributed by atoms with Crippen molar-refractivity contribution in [3.63, 3.8) is 0 Å². The van der Waals surface area contributed by atoms with E-state index in [9.17, 15) is 13.2 Å². The van der Waals surface area contributed by atoms with Crippen molar-refractivity contribution in [1.29, 1.82) is 0 Å². The minimum Gasteiger partial charge on any atom is -0.300 e. The van der Waals surface area contributed by atoms with Crippen LogP contribution in [0.25, 0.3) is 10.6 Å². The Morgan fingerprint density at radius 3 is 2.65 bits per heavy atom. The lowest BCUT2D eigenvalue weighted by atomic mass is 9.97. The van der Waals surface area contributed by atoms with E-state index in [0.29, 0.717) is 41.1 Å². The van der Waals surface area contributed by atoms with Gasteiger partial charge in [0.05, 0.1) is 10.8 Å². The number of halogens is 1. The van der Waals surface area contributed by atoms with Gasteiger partial charge in [0.1, 0.15) is 0 Å². The van der Waals surface area contributed by atoms with Gasteiger partial charge in [-0.2, -0.15) is 0 Å². The van der Waals surface area contributed by atoms with Crippen LogP contribution in [0, 0.1) is 5.92 Å². The van der Waals surface area contributed by atoms with Gasteiger partial charge in [-0.05, 0) is 25.8 Å². The Morgan fingerprint density at radius 2 is 2.00 bits per heavy atom. The van der Waals surface area contributed by atoms with Crippen molar-refractivity contribution in [2.24, 2.45) is 5.92 Å². The molecule has 1 amide bonds. The molecule has 3 rings (SSSR count). The molecule has 140 valence electrons. The van der Waals surface area contributed by atoms with Gasteiger partial charge in [-0.15, -0.1) is 10.2 Å². The smallest absolute Gasteiger partial charge is 0.229 e. The van der Waals surface area contributed by atoms with Gasteiger partial charge >= 0.3 is 0 Å². The number of piperidine rings is 1. The van der Waals surface area contributed by atoms with Gasteiger partial charge in [-0.1, -0.05) is 41.1 Å². The van der Waals surface area contributed by atoms with Gasteiger partial charge in [-0.3, -0.25) is 4.79 Å². The zero-order chi connectivity index (χ0) is 18.7. The zero-order valence-electron chi connectivity index (χ0n) is 14.2. The van der Waals surface area contributed by atoms with Crippen LogP contribution in [0.2, 0.25) is 5.02 Å². The van der Waals surface area contributed by atoms with Crippen molar-refractivity contribution in [3.05, 3.63) is 29.3 Å². The molecule has 7 nitrogen and oxygen atoms in total. The van der Waals surface area contributed by atoms with Crippen molar-refractivity contribution >= 4 is 44.0 Å². The van der Waals surface area contributed by atoms with Crippen LogP contribution in [-0.4, -0.2) is 47.7 Å². The highest BCUT2D eigenvalue weighted by Crippen LogP contribution is 2.32. The summed E-state index contributed by atoms with van der Waals surface area (Å²) >= 11 is 7.41. The molecular formula is C16H19ClN4O3S2. The van der Waals surface area contributed by atoms with Crippen LogP contribution >= 0.6 is 22.9 Å². The number of rotatable bonds is 5. The van der Waals surface area contributed by atoms with Gasteiger partial charge < -0.3 is 5.32 Å². The highest BCUT2D eigenvalue weighted by Gasteiger charge is 2.30. The molecule has 1 aliphatic rings. The Bertz CT molecular complexity index is 892. The van der Waals surface area contributed by atoms with E-state index in [1.165, 1.54) is 15.6 Å². The molecule has 26 heavy (non-hydrogen) atoms. The second-order valence-electron chi connectivity index (χ2n) is 5.96. The molecule has 1 saturated heterocycles. The fourth-order valence-corrected chi connectivity index (χ4v) is 5.00. The van der Waals surface area contributed by atoms with Gasteiger partial charge in [0, 0.05) is 24.6 Å². The molecule has 0 spiro atoms. The minimum absolute atomic E-state index is 0.0828. The summed E-state index contributed by atoms with van der Waals surface area (Å²) in [7, 11) is -3.19. The predicted molar refractivity (Wildman–Crippen MR) is 103 cm³/mol. The van der Waals surface area contributed by atoms with E-state index in [-0.39, 0.29) is 17.6 Å². The number of carbonyl (C=O) groups is 1. The van der Waals surface area contributed by atoms with E-state index < -0.39 is 10.0 Å². The Morgan fingerprint density at radius 1 is 1.31 bits per heavy atom. The third kappa shape index (κ3) is 4.22. The number of nitrogens with one attached hydrogen (secondary N) is 1. The number of hydrogen-bond donors (Lipinski definition) is 1. The average Bonchev–Trinajstić information content (AvgIpc) is 3.10. The Kier molecular flexibility index (Phi) is 5.91. The Hall–Kier alpha value is -1.55. The molecule has 1 aromatic carbocycles. The first-order valence-electron chi connectivity index (χ1n) is 8.28. The molecule has 0 radical (unpaired) electrons. The van der Waals surface area contributed by atoms with Crippen LogP contribution in [0.1, 0.15) is 19.8 Å². The van der Waals surface area contributed by atoms with Gasteiger partial charge in [0.2, 0.25) is 21.1 Å². The van der Waals surface area contributed by atoms with Crippen molar-refractivity contribution in [1.82, 2.24) is 14.5 Å². The normalized spacial score (nSPS) is 16.5. The molecule has 0 saturated carbocycles. The maximum atomic E-state index is 12.4. The summed E-state index contributed by atoms with van der Waals surface area (Å²) in [6.45, 7) is 2.37. The van der Waals surface area contributed by atoms with Crippen LogP contribution in [0.5, 0.6) is 0 Å². The molecule has 0 unspecified atom stereocenters. The standard InChI is InChI=1S/C16H19ClN4O3S2/c1-2-26(23,24)21-9-7-11(8-10-21)14(22)18-16-20-19-15(25-16)12-5-3-4-6-13(12)17/h3-6,11H,2,7-10H2,1H3,(H,18,20,22). The summed E-state index contributed by atoms with van der Waals surface area (Å²) in [4.78, 5) is 12.4. The Balaban J connectivity index is 1.61. The predicted octanol–water partition coefficient (Wildman–Crippen LogP) is 2.86. The van der Waals surface area contributed by atoms with E-state index in [2.05, 4.69) is 15.5 Å². The molecule has 0 atom stereocenters. The largest absolute Gasteiger partial charge is 0.300 e. The van der Waals surface area contributed by atoms with Crippen LogP contribution in [0.3, 0.4) is 0 Å². The summed E-state index contributed by atoms with van der Waals surface area (Å²) in [6, 6.07) is 7.31. The van der Waals surface area contributed by atoms with E-state index in [1.54, 1.807) is 13.0 Å². The molecular weight excluding hydrogens is 396 g/mol. The molecule has 2 aromatic rings. The topological polar surface area (TPSA) is 92.3 Å². The van der Waals surface area contributed by atoms with Gasteiger partial charge in [0.25, 0.3) is 0 Å². The zero-order valence-corrected chi connectivity index (χ0v) is 16.6. The third-order valence-corrected chi connectivity index (χ3v) is 7.43. The quantitative estimate of drug-likeness (QED) is 0.812. The van der Waals surface area contributed by atoms with Crippen molar-refractivity contribution in [2.45, 2.75) is 19.8 Å². The van der Waals surface area contributed by atoms with E-state index >= 15 is 0 Å². The van der Waals surface area contributed by atoms with Crippen LogP contribution < -0.4 is 5.32 Å². The summed E-state index contributed by atoms with van der Waals surface area (Å²) in [5.74, 6) is -0.300. The molecule has 0 bridgehead atoms. The summed E-state index contributed by atoms with van der Waals surface area (Å²) in [5.41, 5.74) is 0.769. The number of aromatic nitrogens is 2. The summed E-state index contributed by atoms with van der Waals surface area (Å²) < 4.78 is 25.2. The molecule has 10 heteroatoms. The van der Waals surface area contributed by atoms with Crippen molar-refractivity contribution in [3.8, 4) is 10.6 Å². The van der Waals surface area contributed by atoms with E-state index in [0.717, 1.165) is 5.56 Å². The van der Waals surface area contributed by atoms with Crippen LogP contribution in [0.4, 0.5) is 5.13 Å². The van der Waals surface area contributed by atoms with Gasteiger partial charge in [0.15, 0.2) is 5.01 Å². The first-order valence-corrected chi connectivity index (χ1v) is 11.1. The number of sulfonamides is 1. The second-order valence-corrected chi connectivity index (χ2v) is 9.60. The fourth-order valence-electron chi connectivity index (χ4n) is 2.80. The fraction of sp³-hybridized carbons (Fsp3) is 0.438. The van der Waals surface area contributed by atoms with Gasteiger partial charge in [-0.25, -0.2) is 12.7 Å². The lowest BCUT2D eigenvalue weighted by Gasteiger charge is -2.29. The number of hydrogen-bond acceptors (Lipinski definition) is 6. The third-order valence-electron chi connectivity index (χ3n) is 4.34. The molecule has 2 heterocycles. The highest BCUT2D eigenvalue weighted by molar-refractivity contribution is 7.89. The molecule has 0 aliphatic carbocycles. The monoisotopic (exact) mass is 414 g/mol. The average molecular weight is 415 g/mol. The van der Waals surface area contributed by atoms with E-state index in [4.69, 9.17) is 11.6 Å². The molecule has 1 fully saturated rings. The molecule has 1 aromatic heterocycles. The van der Waals surface area contributed by atoms with E-state index in [1.807, 2.05) is 18.2 Å². The first-order chi connectivity index (χ1) is 12.4. The van der Waals surface area contributed by atoms with Crippen LogP contribution in [0.15, 0.2) is 24.3 Å². The summed E-state index contributed by atoms with van der Waals surface area (Å²) in [5, 5.41) is 12.5. The Labute approximate surface area is 161 Å². The number of nitrogens with zero attached hydrogens (tertiary/aromatic N) is 3. The minimum atomic E-state index is -3.19. The lowest BCUT2D eigenvalue weighted by Crippen LogP contribution is -2.42. The molecule has 1 aliphatic heterocycles. The lowest BCUT2D eigenvalue weighted by molar-refractivity contribution is -0.120.